The molecular formula is C12H25NO4. The number of nitrogens with one attached hydrogen (secondary N) is 1. The Morgan fingerprint density at radius 1 is 1.12 bits per heavy atom. The van der Waals surface area contributed by atoms with Crippen LogP contribution in [0.15, 0.2) is 0 Å². The zero-order chi connectivity index (χ0) is 12.3. The molecule has 17 heavy (non-hydrogen) atoms. The molecule has 0 aromatic rings. The number of hydrogen-bond donors (Lipinski definition) is 2. The molecule has 1 aliphatic rings. The van der Waals surface area contributed by atoms with Crippen LogP contribution in [0.4, 0.5) is 0 Å². The van der Waals surface area contributed by atoms with E-state index in [0.29, 0.717) is 45.5 Å². The summed E-state index contributed by atoms with van der Waals surface area (Å²) in [5, 5.41) is 12.8. The molecule has 0 amide bonds. The fourth-order valence-corrected chi connectivity index (χ4v) is 1.51. The highest BCUT2D eigenvalue weighted by Gasteiger charge is 2.28. The van der Waals surface area contributed by atoms with Crippen molar-refractivity contribution >= 4 is 0 Å². The van der Waals surface area contributed by atoms with Crippen LogP contribution in [0.1, 0.15) is 12.8 Å². The first kappa shape index (κ1) is 14.9. The lowest BCUT2D eigenvalue weighted by molar-refractivity contribution is 0.0250. The van der Waals surface area contributed by atoms with Gasteiger partial charge in [-0.2, -0.15) is 0 Å². The molecular weight excluding hydrogens is 222 g/mol. The van der Waals surface area contributed by atoms with Crippen molar-refractivity contribution in [1.82, 2.24) is 5.32 Å². The van der Waals surface area contributed by atoms with Gasteiger partial charge in [0.25, 0.3) is 0 Å². The summed E-state index contributed by atoms with van der Waals surface area (Å²) in [6.45, 7) is 4.57. The van der Waals surface area contributed by atoms with E-state index in [-0.39, 0.29) is 6.10 Å². The van der Waals surface area contributed by atoms with Crippen LogP contribution in [-0.2, 0) is 14.2 Å². The van der Waals surface area contributed by atoms with E-state index in [4.69, 9.17) is 14.2 Å². The number of ether oxygens (including phenoxy) is 3. The summed E-state index contributed by atoms with van der Waals surface area (Å²) in [5.41, 5.74) is 0. The van der Waals surface area contributed by atoms with Gasteiger partial charge in [0.1, 0.15) is 0 Å². The highest BCUT2D eigenvalue weighted by Crippen LogP contribution is 2.32. The van der Waals surface area contributed by atoms with E-state index < -0.39 is 0 Å². The Labute approximate surface area is 103 Å². The molecule has 2 N–H and O–H groups in total. The second-order valence-electron chi connectivity index (χ2n) is 4.33. The molecule has 1 rings (SSSR count). The van der Waals surface area contributed by atoms with E-state index in [1.54, 1.807) is 7.11 Å². The zero-order valence-corrected chi connectivity index (χ0v) is 10.7. The summed E-state index contributed by atoms with van der Waals surface area (Å²) >= 11 is 0. The van der Waals surface area contributed by atoms with Crippen molar-refractivity contribution in [2.24, 2.45) is 5.92 Å². The molecule has 0 aromatic heterocycles. The topological polar surface area (TPSA) is 60.0 Å². The minimum atomic E-state index is -0.174. The molecule has 1 unspecified atom stereocenters. The standard InChI is InChI=1S/C12H25NO4/c1-15-6-7-17-9-8-16-5-4-13-10-12(14)11-2-3-11/h11-14H,2-10H2,1H3. The van der Waals surface area contributed by atoms with Crippen LogP contribution >= 0.6 is 0 Å². The lowest BCUT2D eigenvalue weighted by Crippen LogP contribution is -2.30. The van der Waals surface area contributed by atoms with Crippen molar-refractivity contribution in [3.05, 3.63) is 0 Å². The lowest BCUT2D eigenvalue weighted by atomic mass is 10.2. The monoisotopic (exact) mass is 247 g/mol. The third-order valence-corrected chi connectivity index (χ3v) is 2.75. The van der Waals surface area contributed by atoms with E-state index in [9.17, 15) is 5.11 Å². The SMILES string of the molecule is COCCOCCOCCNCC(O)C1CC1. The molecule has 1 aliphatic carbocycles. The number of aliphatic hydroxyl groups is 1. The molecule has 102 valence electrons. The average molecular weight is 247 g/mol. The molecule has 0 radical (unpaired) electrons. The summed E-state index contributed by atoms with van der Waals surface area (Å²) in [7, 11) is 1.65. The molecule has 0 saturated heterocycles. The van der Waals surface area contributed by atoms with Crippen LogP contribution in [0.3, 0.4) is 0 Å². The molecule has 0 spiro atoms. The first-order valence-corrected chi connectivity index (χ1v) is 6.38. The van der Waals surface area contributed by atoms with Crippen LogP contribution in [0.5, 0.6) is 0 Å². The predicted octanol–water partition coefficient (Wildman–Crippen LogP) is 0.0265. The average Bonchev–Trinajstić information content (AvgIpc) is 3.15. The Morgan fingerprint density at radius 3 is 2.41 bits per heavy atom. The Morgan fingerprint density at radius 2 is 1.76 bits per heavy atom. The fourth-order valence-electron chi connectivity index (χ4n) is 1.51. The summed E-state index contributed by atoms with van der Waals surface area (Å²) in [4.78, 5) is 0. The molecule has 0 aromatic carbocycles. The van der Waals surface area contributed by atoms with Crippen molar-refractivity contribution < 1.29 is 19.3 Å². The Balaban J connectivity index is 1.69. The van der Waals surface area contributed by atoms with E-state index in [1.807, 2.05) is 0 Å². The summed E-state index contributed by atoms with van der Waals surface area (Å²) in [6.07, 6.45) is 2.18. The molecule has 1 fully saturated rings. The van der Waals surface area contributed by atoms with Gasteiger partial charge in [0, 0.05) is 20.2 Å². The first-order chi connectivity index (χ1) is 8.34. The largest absolute Gasteiger partial charge is 0.392 e. The van der Waals surface area contributed by atoms with Crippen molar-refractivity contribution in [3.8, 4) is 0 Å². The van der Waals surface area contributed by atoms with Crippen molar-refractivity contribution in [2.45, 2.75) is 18.9 Å². The van der Waals surface area contributed by atoms with Gasteiger partial charge in [-0.25, -0.2) is 0 Å². The van der Waals surface area contributed by atoms with Crippen LogP contribution in [0.25, 0.3) is 0 Å². The Bertz CT molecular complexity index is 176. The summed E-state index contributed by atoms with van der Waals surface area (Å²) < 4.78 is 15.5. The molecule has 0 heterocycles. The molecule has 0 aliphatic heterocycles. The van der Waals surface area contributed by atoms with E-state index in [2.05, 4.69) is 5.32 Å². The Kier molecular flexibility index (Phi) is 8.56. The van der Waals surface area contributed by atoms with Crippen LogP contribution in [-0.4, -0.2) is 64.4 Å². The molecule has 1 atom stereocenters. The molecule has 5 nitrogen and oxygen atoms in total. The van der Waals surface area contributed by atoms with Gasteiger partial charge in [-0.3, -0.25) is 0 Å². The van der Waals surface area contributed by atoms with E-state index in [1.165, 1.54) is 12.8 Å². The van der Waals surface area contributed by atoms with Gasteiger partial charge < -0.3 is 24.6 Å². The Hall–Kier alpha value is -0.200. The van der Waals surface area contributed by atoms with Gasteiger partial charge in [0.2, 0.25) is 0 Å². The second kappa shape index (κ2) is 9.79. The van der Waals surface area contributed by atoms with Gasteiger partial charge >= 0.3 is 0 Å². The van der Waals surface area contributed by atoms with Crippen molar-refractivity contribution in [1.29, 1.82) is 0 Å². The summed E-state index contributed by atoms with van der Waals surface area (Å²) in [5.74, 6) is 0.539. The second-order valence-corrected chi connectivity index (χ2v) is 4.33. The zero-order valence-electron chi connectivity index (χ0n) is 10.7. The third-order valence-electron chi connectivity index (χ3n) is 2.75. The molecule has 5 heteroatoms. The number of methoxy groups -OCH3 is 1. The van der Waals surface area contributed by atoms with Crippen molar-refractivity contribution in [3.63, 3.8) is 0 Å². The maximum Gasteiger partial charge on any atom is 0.0701 e. The number of aliphatic hydroxyl groups excluding tert-OH is 1. The van der Waals surface area contributed by atoms with Gasteiger partial charge in [0.15, 0.2) is 0 Å². The fraction of sp³-hybridized carbons (Fsp3) is 1.00. The van der Waals surface area contributed by atoms with Crippen LogP contribution in [0.2, 0.25) is 0 Å². The maximum absolute atomic E-state index is 9.58. The predicted molar refractivity (Wildman–Crippen MR) is 65.1 cm³/mol. The summed E-state index contributed by atoms with van der Waals surface area (Å²) in [6, 6.07) is 0. The lowest BCUT2D eigenvalue weighted by Gasteiger charge is -2.10. The molecule has 0 bridgehead atoms. The minimum Gasteiger partial charge on any atom is -0.392 e. The number of rotatable bonds is 12. The van der Waals surface area contributed by atoms with Gasteiger partial charge in [-0.05, 0) is 18.8 Å². The van der Waals surface area contributed by atoms with Gasteiger partial charge in [-0.1, -0.05) is 0 Å². The highest BCUT2D eigenvalue weighted by molar-refractivity contribution is 4.81. The third kappa shape index (κ3) is 8.51. The van der Waals surface area contributed by atoms with Crippen LogP contribution in [0, 0.1) is 5.92 Å². The smallest absolute Gasteiger partial charge is 0.0701 e. The maximum atomic E-state index is 9.58. The molecule has 1 saturated carbocycles. The number of hydrogen-bond acceptors (Lipinski definition) is 5. The van der Waals surface area contributed by atoms with Gasteiger partial charge in [-0.15, -0.1) is 0 Å². The van der Waals surface area contributed by atoms with E-state index in [0.717, 1.165) is 6.54 Å². The quantitative estimate of drug-likeness (QED) is 0.476. The normalized spacial score (nSPS) is 17.3. The minimum absolute atomic E-state index is 0.174. The first-order valence-electron chi connectivity index (χ1n) is 6.38. The van der Waals surface area contributed by atoms with Crippen LogP contribution < -0.4 is 5.32 Å². The van der Waals surface area contributed by atoms with E-state index >= 15 is 0 Å². The highest BCUT2D eigenvalue weighted by atomic mass is 16.5. The van der Waals surface area contributed by atoms with Gasteiger partial charge in [0.05, 0.1) is 39.1 Å². The van der Waals surface area contributed by atoms with Crippen molar-refractivity contribution in [2.75, 3.05) is 53.2 Å².